The van der Waals surface area contributed by atoms with E-state index in [9.17, 15) is 4.79 Å². The highest BCUT2D eigenvalue weighted by atomic mass is 32.1. The van der Waals surface area contributed by atoms with Crippen LogP contribution >= 0.6 is 11.3 Å². The van der Waals surface area contributed by atoms with E-state index in [4.69, 9.17) is 0 Å². The molecule has 21 heavy (non-hydrogen) atoms. The van der Waals surface area contributed by atoms with E-state index in [1.807, 2.05) is 25.3 Å². The number of H-pyrrole nitrogens is 1. The number of aryl methyl sites for hydroxylation is 2. The van der Waals surface area contributed by atoms with E-state index in [1.54, 1.807) is 11.3 Å². The van der Waals surface area contributed by atoms with Crippen molar-refractivity contribution >= 4 is 17.1 Å². The predicted molar refractivity (Wildman–Crippen MR) is 84.7 cm³/mol. The molecule has 0 bridgehead atoms. The molecule has 0 unspecified atom stereocenters. The SMILES string of the molecule is Cc1cc(CN2CCC[C@H](C(=O)c3sccc3C)C2)n[nH]1. The molecule has 1 saturated heterocycles. The van der Waals surface area contributed by atoms with E-state index >= 15 is 0 Å². The van der Waals surface area contributed by atoms with E-state index in [2.05, 4.69) is 21.2 Å². The summed E-state index contributed by atoms with van der Waals surface area (Å²) in [7, 11) is 0. The molecule has 1 fully saturated rings. The van der Waals surface area contributed by atoms with Gasteiger partial charge in [-0.25, -0.2) is 0 Å². The van der Waals surface area contributed by atoms with Gasteiger partial charge in [-0.05, 0) is 56.3 Å². The zero-order valence-corrected chi connectivity index (χ0v) is 13.4. The van der Waals surface area contributed by atoms with Gasteiger partial charge in [0, 0.05) is 24.7 Å². The van der Waals surface area contributed by atoms with E-state index in [0.29, 0.717) is 5.78 Å². The molecule has 112 valence electrons. The largest absolute Gasteiger partial charge is 0.297 e. The Labute approximate surface area is 129 Å². The van der Waals surface area contributed by atoms with Crippen molar-refractivity contribution < 1.29 is 4.79 Å². The number of nitrogens with one attached hydrogen (secondary N) is 1. The first-order valence-electron chi connectivity index (χ1n) is 7.45. The maximum absolute atomic E-state index is 12.6. The van der Waals surface area contributed by atoms with Gasteiger partial charge < -0.3 is 0 Å². The fourth-order valence-corrected chi connectivity index (χ4v) is 3.95. The molecule has 1 aliphatic rings. The summed E-state index contributed by atoms with van der Waals surface area (Å²) in [6.45, 7) is 6.77. The molecule has 0 amide bonds. The Bertz CT molecular complexity index is 631. The highest BCUT2D eigenvalue weighted by Crippen LogP contribution is 2.26. The summed E-state index contributed by atoms with van der Waals surface area (Å²) in [6.07, 6.45) is 2.09. The van der Waals surface area contributed by atoms with Crippen molar-refractivity contribution in [2.75, 3.05) is 13.1 Å². The third-order valence-corrected chi connectivity index (χ3v) is 5.14. The van der Waals surface area contributed by atoms with Crippen LogP contribution in [-0.2, 0) is 6.54 Å². The first-order valence-corrected chi connectivity index (χ1v) is 8.33. The van der Waals surface area contributed by atoms with Crippen molar-refractivity contribution in [3.8, 4) is 0 Å². The van der Waals surface area contributed by atoms with Crippen LogP contribution in [0.2, 0.25) is 0 Å². The Morgan fingerprint density at radius 3 is 3.05 bits per heavy atom. The lowest BCUT2D eigenvalue weighted by molar-refractivity contribution is 0.0814. The second-order valence-electron chi connectivity index (χ2n) is 5.91. The quantitative estimate of drug-likeness (QED) is 0.883. The fraction of sp³-hybridized carbons (Fsp3) is 0.500. The van der Waals surface area contributed by atoms with Crippen molar-refractivity contribution in [3.63, 3.8) is 0 Å². The number of aromatic amines is 1. The molecule has 3 rings (SSSR count). The molecule has 0 saturated carbocycles. The third-order valence-electron chi connectivity index (χ3n) is 4.11. The second kappa shape index (κ2) is 6.12. The molecule has 4 nitrogen and oxygen atoms in total. The van der Waals surface area contributed by atoms with Gasteiger partial charge in [0.1, 0.15) is 0 Å². The molecule has 2 aromatic rings. The minimum Gasteiger partial charge on any atom is -0.297 e. The van der Waals surface area contributed by atoms with Gasteiger partial charge in [-0.1, -0.05) is 0 Å². The zero-order valence-electron chi connectivity index (χ0n) is 12.6. The van der Waals surface area contributed by atoms with Crippen molar-refractivity contribution in [2.45, 2.75) is 33.2 Å². The van der Waals surface area contributed by atoms with Gasteiger partial charge in [0.05, 0.1) is 10.6 Å². The summed E-state index contributed by atoms with van der Waals surface area (Å²) in [6, 6.07) is 4.11. The minimum absolute atomic E-state index is 0.135. The molecule has 3 heterocycles. The summed E-state index contributed by atoms with van der Waals surface area (Å²) >= 11 is 1.57. The van der Waals surface area contributed by atoms with Crippen LogP contribution in [0.25, 0.3) is 0 Å². The summed E-state index contributed by atoms with van der Waals surface area (Å²) in [4.78, 5) is 15.9. The Morgan fingerprint density at radius 1 is 1.52 bits per heavy atom. The lowest BCUT2D eigenvalue weighted by Crippen LogP contribution is -2.38. The molecule has 0 aromatic carbocycles. The number of hydrogen-bond donors (Lipinski definition) is 1. The monoisotopic (exact) mass is 303 g/mol. The molecule has 1 aliphatic heterocycles. The molecule has 1 N–H and O–H groups in total. The Balaban J connectivity index is 1.65. The van der Waals surface area contributed by atoms with Gasteiger partial charge in [-0.2, -0.15) is 5.10 Å². The number of ketones is 1. The van der Waals surface area contributed by atoms with Gasteiger partial charge in [-0.15, -0.1) is 11.3 Å². The minimum atomic E-state index is 0.135. The summed E-state index contributed by atoms with van der Waals surface area (Å²) < 4.78 is 0. The number of thiophene rings is 1. The van der Waals surface area contributed by atoms with Crippen LogP contribution in [-0.4, -0.2) is 34.0 Å². The molecule has 0 spiro atoms. The number of piperidine rings is 1. The number of Topliss-reactive ketones (excluding diaryl/α,β-unsaturated/α-hetero) is 1. The van der Waals surface area contributed by atoms with Gasteiger partial charge >= 0.3 is 0 Å². The van der Waals surface area contributed by atoms with Crippen molar-refractivity contribution in [3.05, 3.63) is 39.3 Å². The van der Waals surface area contributed by atoms with Crippen LogP contribution < -0.4 is 0 Å². The number of carbonyl (C=O) groups is 1. The van der Waals surface area contributed by atoms with Crippen molar-refractivity contribution in [1.29, 1.82) is 0 Å². The molecule has 0 radical (unpaired) electrons. The molecule has 2 aromatic heterocycles. The highest BCUT2D eigenvalue weighted by Gasteiger charge is 2.28. The zero-order chi connectivity index (χ0) is 14.8. The smallest absolute Gasteiger partial charge is 0.177 e. The molecule has 0 aliphatic carbocycles. The van der Waals surface area contributed by atoms with Crippen molar-refractivity contribution in [2.24, 2.45) is 5.92 Å². The van der Waals surface area contributed by atoms with Crippen LogP contribution in [0.3, 0.4) is 0 Å². The maximum atomic E-state index is 12.6. The van der Waals surface area contributed by atoms with Crippen LogP contribution in [0, 0.1) is 19.8 Å². The predicted octanol–water partition coefficient (Wildman–Crippen LogP) is 3.18. The number of hydrogen-bond acceptors (Lipinski definition) is 4. The van der Waals surface area contributed by atoms with E-state index in [-0.39, 0.29) is 5.92 Å². The molecule has 5 heteroatoms. The van der Waals surface area contributed by atoms with Crippen LogP contribution in [0.4, 0.5) is 0 Å². The number of rotatable bonds is 4. The molecular formula is C16H21N3OS. The van der Waals surface area contributed by atoms with Gasteiger partial charge in [0.15, 0.2) is 5.78 Å². The summed E-state index contributed by atoms with van der Waals surface area (Å²) in [5, 5.41) is 9.28. The second-order valence-corrected chi connectivity index (χ2v) is 6.83. The first-order chi connectivity index (χ1) is 10.1. The van der Waals surface area contributed by atoms with Crippen molar-refractivity contribution in [1.82, 2.24) is 15.1 Å². The first kappa shape index (κ1) is 14.5. The molecule has 1 atom stereocenters. The lowest BCUT2D eigenvalue weighted by atomic mass is 9.92. The number of aromatic nitrogens is 2. The van der Waals surface area contributed by atoms with Gasteiger partial charge in [0.25, 0.3) is 0 Å². The fourth-order valence-electron chi connectivity index (χ4n) is 3.01. The van der Waals surface area contributed by atoms with Gasteiger partial charge in [-0.3, -0.25) is 14.8 Å². The normalized spacial score (nSPS) is 19.8. The topological polar surface area (TPSA) is 49.0 Å². The van der Waals surface area contributed by atoms with Crippen LogP contribution in [0.1, 0.15) is 39.5 Å². The lowest BCUT2D eigenvalue weighted by Gasteiger charge is -2.31. The van der Waals surface area contributed by atoms with Crippen LogP contribution in [0.15, 0.2) is 17.5 Å². The number of nitrogens with zero attached hydrogens (tertiary/aromatic N) is 2. The maximum Gasteiger partial charge on any atom is 0.177 e. The van der Waals surface area contributed by atoms with Crippen LogP contribution in [0.5, 0.6) is 0 Å². The van der Waals surface area contributed by atoms with E-state index in [1.165, 1.54) is 0 Å². The Kier molecular flexibility index (Phi) is 4.22. The third kappa shape index (κ3) is 3.24. The average Bonchev–Trinajstić information content (AvgIpc) is 3.07. The Morgan fingerprint density at radius 2 is 2.38 bits per heavy atom. The van der Waals surface area contributed by atoms with E-state index < -0.39 is 0 Å². The molecular weight excluding hydrogens is 282 g/mol. The highest BCUT2D eigenvalue weighted by molar-refractivity contribution is 7.12. The standard InChI is InChI=1S/C16H21N3OS/c1-11-5-7-21-16(11)15(20)13-4-3-6-19(9-13)10-14-8-12(2)17-18-14/h5,7-8,13H,3-4,6,9-10H2,1-2H3,(H,17,18)/t13-/m0/s1. The summed E-state index contributed by atoms with van der Waals surface area (Å²) in [5.74, 6) is 0.460. The number of carbonyl (C=O) groups excluding carboxylic acids is 1. The average molecular weight is 303 g/mol. The van der Waals surface area contributed by atoms with E-state index in [0.717, 1.165) is 54.3 Å². The number of likely N-dealkylation sites (tertiary alicyclic amines) is 1. The van der Waals surface area contributed by atoms with Gasteiger partial charge in [0.2, 0.25) is 0 Å². The summed E-state index contributed by atoms with van der Waals surface area (Å²) in [5.41, 5.74) is 3.27. The Hall–Kier alpha value is -1.46.